The van der Waals surface area contributed by atoms with Crippen LogP contribution in [0.5, 0.6) is 0 Å². The van der Waals surface area contributed by atoms with Crippen molar-refractivity contribution in [3.8, 4) is 0 Å². The van der Waals surface area contributed by atoms with Crippen molar-refractivity contribution in [2.45, 2.75) is 6.92 Å². The van der Waals surface area contributed by atoms with E-state index < -0.39 is 0 Å². The Hall–Kier alpha value is -1.02. The van der Waals surface area contributed by atoms with Crippen LogP contribution in [0.4, 0.5) is 5.69 Å². The van der Waals surface area contributed by atoms with Crippen molar-refractivity contribution in [1.82, 2.24) is 0 Å². The molecular formula is C10H12ClNO. The van der Waals surface area contributed by atoms with Gasteiger partial charge < -0.3 is 4.74 Å². The summed E-state index contributed by atoms with van der Waals surface area (Å²) in [6, 6.07) is 9.62. The van der Waals surface area contributed by atoms with Crippen LogP contribution in [-0.4, -0.2) is 18.4 Å². The molecule has 1 rings (SSSR count). The van der Waals surface area contributed by atoms with Crippen molar-refractivity contribution < 1.29 is 4.74 Å². The number of rotatable bonds is 3. The molecule has 0 spiro atoms. The normalized spacial score (nSPS) is 11.4. The molecule has 0 atom stereocenters. The average molecular weight is 198 g/mol. The summed E-state index contributed by atoms with van der Waals surface area (Å²) in [6.45, 7) is 2.51. The highest BCUT2D eigenvalue weighted by atomic mass is 35.5. The Morgan fingerprint density at radius 3 is 2.62 bits per heavy atom. The second-order valence-corrected chi connectivity index (χ2v) is 2.67. The number of alkyl halides is 1. The van der Waals surface area contributed by atoms with Crippen LogP contribution >= 0.6 is 11.6 Å². The Morgan fingerprint density at radius 2 is 2.08 bits per heavy atom. The van der Waals surface area contributed by atoms with Crippen molar-refractivity contribution in [1.29, 1.82) is 0 Å². The number of hydrogen-bond acceptors (Lipinski definition) is 2. The molecule has 0 fully saturated rings. The summed E-state index contributed by atoms with van der Waals surface area (Å²) in [4.78, 5) is 4.23. The van der Waals surface area contributed by atoms with Crippen LogP contribution in [0.1, 0.15) is 6.92 Å². The van der Waals surface area contributed by atoms with Gasteiger partial charge in [0, 0.05) is 0 Å². The number of para-hydroxylation sites is 1. The van der Waals surface area contributed by atoms with Crippen LogP contribution in [0.3, 0.4) is 0 Å². The minimum atomic E-state index is 0.308. The Kier molecular flexibility index (Phi) is 4.33. The van der Waals surface area contributed by atoms with Gasteiger partial charge >= 0.3 is 0 Å². The molecule has 13 heavy (non-hydrogen) atoms. The predicted molar refractivity (Wildman–Crippen MR) is 55.9 cm³/mol. The smallest absolute Gasteiger partial charge is 0.203 e. The first kappa shape index (κ1) is 10.1. The van der Waals surface area contributed by atoms with Crippen molar-refractivity contribution in [2.24, 2.45) is 4.99 Å². The van der Waals surface area contributed by atoms with Gasteiger partial charge in [0.05, 0.1) is 18.2 Å². The quantitative estimate of drug-likeness (QED) is 0.415. The lowest BCUT2D eigenvalue weighted by molar-refractivity contribution is 0.325. The third-order valence-electron chi connectivity index (χ3n) is 1.44. The van der Waals surface area contributed by atoms with Gasteiger partial charge in [-0.2, -0.15) is 0 Å². The molecule has 0 amide bonds. The zero-order valence-electron chi connectivity index (χ0n) is 7.53. The average Bonchev–Trinajstić information content (AvgIpc) is 2.19. The van der Waals surface area contributed by atoms with Crippen molar-refractivity contribution in [3.05, 3.63) is 30.3 Å². The van der Waals surface area contributed by atoms with Crippen molar-refractivity contribution in [3.63, 3.8) is 0 Å². The molecule has 0 aliphatic carbocycles. The van der Waals surface area contributed by atoms with Gasteiger partial charge in [-0.05, 0) is 19.1 Å². The molecule has 1 aromatic rings. The zero-order valence-corrected chi connectivity index (χ0v) is 8.29. The van der Waals surface area contributed by atoms with Gasteiger partial charge in [0.2, 0.25) is 5.90 Å². The van der Waals surface area contributed by atoms with E-state index in [0.717, 1.165) is 5.69 Å². The van der Waals surface area contributed by atoms with Crippen LogP contribution < -0.4 is 0 Å². The molecule has 0 unspecified atom stereocenters. The molecule has 0 bridgehead atoms. The highest BCUT2D eigenvalue weighted by molar-refractivity contribution is 6.27. The molecule has 3 heteroatoms. The van der Waals surface area contributed by atoms with E-state index in [1.807, 2.05) is 37.3 Å². The Balaban J connectivity index is 2.73. The maximum absolute atomic E-state index is 5.64. The number of benzene rings is 1. The number of halogens is 1. The van der Waals surface area contributed by atoms with E-state index in [9.17, 15) is 0 Å². The molecule has 0 N–H and O–H groups in total. The van der Waals surface area contributed by atoms with Gasteiger partial charge in [-0.25, -0.2) is 4.99 Å². The van der Waals surface area contributed by atoms with Crippen LogP contribution in [0.25, 0.3) is 0 Å². The largest absolute Gasteiger partial charge is 0.480 e. The molecule has 70 valence electrons. The first-order valence-electron chi connectivity index (χ1n) is 4.18. The Bertz CT molecular complexity index is 272. The van der Waals surface area contributed by atoms with E-state index >= 15 is 0 Å². The molecule has 0 heterocycles. The topological polar surface area (TPSA) is 21.6 Å². The minimum absolute atomic E-state index is 0.308. The lowest BCUT2D eigenvalue weighted by atomic mass is 10.3. The van der Waals surface area contributed by atoms with Gasteiger partial charge in [-0.15, -0.1) is 11.6 Å². The SMILES string of the molecule is CCOC(CCl)=Nc1ccccc1. The third kappa shape index (κ3) is 3.47. The summed E-state index contributed by atoms with van der Waals surface area (Å²) in [7, 11) is 0. The standard InChI is InChI=1S/C10H12ClNO/c1-2-13-10(8-11)12-9-6-4-3-5-7-9/h3-7H,2,8H2,1H3. The second-order valence-electron chi connectivity index (χ2n) is 2.41. The summed E-state index contributed by atoms with van der Waals surface area (Å²) >= 11 is 5.64. The van der Waals surface area contributed by atoms with E-state index in [4.69, 9.17) is 16.3 Å². The monoisotopic (exact) mass is 197 g/mol. The predicted octanol–water partition coefficient (Wildman–Crippen LogP) is 2.99. The lowest BCUT2D eigenvalue weighted by Crippen LogP contribution is -2.05. The minimum Gasteiger partial charge on any atom is -0.480 e. The number of nitrogens with zero attached hydrogens (tertiary/aromatic N) is 1. The van der Waals surface area contributed by atoms with Gasteiger partial charge in [-0.1, -0.05) is 18.2 Å². The molecule has 1 aromatic carbocycles. The first-order chi connectivity index (χ1) is 6.36. The fourth-order valence-electron chi connectivity index (χ4n) is 0.914. The Morgan fingerprint density at radius 1 is 1.38 bits per heavy atom. The molecule has 0 aliphatic heterocycles. The van der Waals surface area contributed by atoms with Crippen LogP contribution in [0.2, 0.25) is 0 Å². The fraction of sp³-hybridized carbons (Fsp3) is 0.300. The maximum Gasteiger partial charge on any atom is 0.203 e. The number of aliphatic imine (C=N–C) groups is 1. The Labute approximate surface area is 83.2 Å². The van der Waals surface area contributed by atoms with E-state index in [0.29, 0.717) is 18.4 Å². The molecule has 0 aromatic heterocycles. The maximum atomic E-state index is 5.64. The summed E-state index contributed by atoms with van der Waals surface area (Å²) in [5.41, 5.74) is 0.867. The molecule has 2 nitrogen and oxygen atoms in total. The first-order valence-corrected chi connectivity index (χ1v) is 4.71. The molecule has 0 saturated heterocycles. The zero-order chi connectivity index (χ0) is 9.52. The van der Waals surface area contributed by atoms with Crippen LogP contribution in [0, 0.1) is 0 Å². The van der Waals surface area contributed by atoms with Gasteiger partial charge in [-0.3, -0.25) is 0 Å². The number of ether oxygens (including phenoxy) is 1. The highest BCUT2D eigenvalue weighted by Crippen LogP contribution is 2.10. The summed E-state index contributed by atoms with van der Waals surface area (Å²) < 4.78 is 5.21. The van der Waals surface area contributed by atoms with Gasteiger partial charge in [0.1, 0.15) is 0 Å². The van der Waals surface area contributed by atoms with Crippen molar-refractivity contribution in [2.75, 3.05) is 12.5 Å². The molecular weight excluding hydrogens is 186 g/mol. The summed E-state index contributed by atoms with van der Waals surface area (Å²) in [5, 5.41) is 0. The van der Waals surface area contributed by atoms with Gasteiger partial charge in [0.15, 0.2) is 0 Å². The van der Waals surface area contributed by atoms with E-state index in [2.05, 4.69) is 4.99 Å². The summed E-state index contributed by atoms with van der Waals surface area (Å²) in [6.07, 6.45) is 0. The summed E-state index contributed by atoms with van der Waals surface area (Å²) in [5.74, 6) is 0.873. The fourth-order valence-corrected chi connectivity index (χ4v) is 1.05. The van der Waals surface area contributed by atoms with E-state index in [-0.39, 0.29) is 0 Å². The molecule has 0 saturated carbocycles. The number of hydrogen-bond donors (Lipinski definition) is 0. The van der Waals surface area contributed by atoms with E-state index in [1.54, 1.807) is 0 Å². The van der Waals surface area contributed by atoms with E-state index in [1.165, 1.54) is 0 Å². The second kappa shape index (κ2) is 5.60. The highest BCUT2D eigenvalue weighted by Gasteiger charge is 1.96. The third-order valence-corrected chi connectivity index (χ3v) is 1.66. The van der Waals surface area contributed by atoms with Gasteiger partial charge in [0.25, 0.3) is 0 Å². The van der Waals surface area contributed by atoms with Crippen LogP contribution in [-0.2, 0) is 4.74 Å². The van der Waals surface area contributed by atoms with Crippen LogP contribution in [0.15, 0.2) is 35.3 Å². The molecule has 0 aliphatic rings. The lowest BCUT2D eigenvalue weighted by Gasteiger charge is -2.02. The van der Waals surface area contributed by atoms with Crippen molar-refractivity contribution >= 4 is 23.2 Å². The molecule has 0 radical (unpaired) electrons.